The number of hydrogen-bond donors (Lipinski definition) is 0. The summed E-state index contributed by atoms with van der Waals surface area (Å²) in [5, 5.41) is 9.23. The Labute approximate surface area is 308 Å². The fourth-order valence-corrected chi connectivity index (χ4v) is 9.98. The summed E-state index contributed by atoms with van der Waals surface area (Å²) in [7, 11) is 0. The minimum atomic E-state index is 0.0178. The number of fused-ring (bicyclic) bond motifs is 11. The number of benzene rings is 8. The normalized spacial score (nSPS) is 13.2. The Morgan fingerprint density at radius 3 is 1.94 bits per heavy atom. The molecule has 0 amide bonds. The summed E-state index contributed by atoms with van der Waals surface area (Å²) in [5.41, 5.74) is 17.0. The van der Waals surface area contributed by atoms with E-state index in [0.717, 1.165) is 0 Å². The molecule has 0 aliphatic carbocycles. The third-order valence-corrected chi connectivity index (χ3v) is 12.2. The van der Waals surface area contributed by atoms with Crippen molar-refractivity contribution in [1.82, 2.24) is 9.13 Å². The maximum Gasteiger partial charge on any atom is 0.252 e. The average molecular weight is 675 g/mol. The van der Waals surface area contributed by atoms with Crippen LogP contribution in [-0.4, -0.2) is 15.8 Å². The van der Waals surface area contributed by atoms with Crippen molar-refractivity contribution in [2.75, 3.05) is 0 Å². The van der Waals surface area contributed by atoms with E-state index in [-0.39, 0.29) is 12.1 Å². The molecule has 0 unspecified atom stereocenters. The quantitative estimate of drug-likeness (QED) is 0.128. The molecule has 0 fully saturated rings. The van der Waals surface area contributed by atoms with Gasteiger partial charge in [-0.3, -0.25) is 0 Å². The van der Waals surface area contributed by atoms with Crippen LogP contribution in [0.5, 0.6) is 0 Å². The van der Waals surface area contributed by atoms with Gasteiger partial charge < -0.3 is 9.13 Å². The number of aromatic nitrogens is 2. The monoisotopic (exact) mass is 674 g/mol. The fraction of sp³-hybridized carbons (Fsp3) is 0.0800. The van der Waals surface area contributed by atoms with Crippen LogP contribution >= 0.6 is 0 Å². The van der Waals surface area contributed by atoms with Gasteiger partial charge in [-0.25, -0.2) is 0 Å². The van der Waals surface area contributed by atoms with Crippen LogP contribution in [0.3, 0.4) is 0 Å². The van der Waals surface area contributed by atoms with Gasteiger partial charge in [-0.05, 0) is 78.2 Å². The molecule has 2 aliphatic rings. The summed E-state index contributed by atoms with van der Waals surface area (Å²) >= 11 is 0. The molecular weight excluding hydrogens is 639 g/mol. The van der Waals surface area contributed by atoms with Crippen LogP contribution in [0.4, 0.5) is 0 Å². The molecule has 0 radical (unpaired) electrons. The first-order valence-corrected chi connectivity index (χ1v) is 18.8. The first-order chi connectivity index (χ1) is 26.0. The van der Waals surface area contributed by atoms with Crippen LogP contribution in [0, 0.1) is 0 Å². The molecule has 2 nitrogen and oxygen atoms in total. The Kier molecular flexibility index (Phi) is 5.62. The molecule has 0 saturated heterocycles. The minimum absolute atomic E-state index is 0.0178. The van der Waals surface area contributed by atoms with Crippen LogP contribution in [0.15, 0.2) is 158 Å². The van der Waals surface area contributed by atoms with Crippen LogP contribution in [0.2, 0.25) is 0 Å². The summed E-state index contributed by atoms with van der Waals surface area (Å²) in [5.74, 6) is 0. The second kappa shape index (κ2) is 10.2. The molecule has 4 heterocycles. The van der Waals surface area contributed by atoms with Crippen molar-refractivity contribution in [3.8, 4) is 33.8 Å². The molecule has 8 aromatic carbocycles. The van der Waals surface area contributed by atoms with Crippen LogP contribution in [0.25, 0.3) is 88.0 Å². The summed E-state index contributed by atoms with van der Waals surface area (Å²) in [6.07, 6.45) is 0. The van der Waals surface area contributed by atoms with Gasteiger partial charge in [0.15, 0.2) is 0 Å². The molecule has 10 aromatic rings. The molecule has 12 rings (SSSR count). The predicted octanol–water partition coefficient (Wildman–Crippen LogP) is 10.8. The van der Waals surface area contributed by atoms with Crippen molar-refractivity contribution in [2.45, 2.75) is 26.2 Å². The minimum Gasteiger partial charge on any atom is -0.310 e. The maximum atomic E-state index is 2.63. The molecule has 2 aliphatic heterocycles. The number of rotatable bonds is 2. The van der Waals surface area contributed by atoms with Crippen molar-refractivity contribution < 1.29 is 0 Å². The van der Waals surface area contributed by atoms with Gasteiger partial charge in [0.05, 0.1) is 16.7 Å². The smallest absolute Gasteiger partial charge is 0.252 e. The molecule has 0 spiro atoms. The van der Waals surface area contributed by atoms with Crippen LogP contribution in [-0.2, 0) is 5.41 Å². The van der Waals surface area contributed by atoms with Crippen molar-refractivity contribution in [3.63, 3.8) is 0 Å². The summed E-state index contributed by atoms with van der Waals surface area (Å²) < 4.78 is 5.22. The largest absolute Gasteiger partial charge is 0.310 e. The highest BCUT2D eigenvalue weighted by molar-refractivity contribution is 7.00. The Hall–Kier alpha value is -6.32. The van der Waals surface area contributed by atoms with Gasteiger partial charge in [-0.15, -0.1) is 0 Å². The van der Waals surface area contributed by atoms with E-state index in [9.17, 15) is 0 Å². The molecule has 248 valence electrons. The second-order valence-electron chi connectivity index (χ2n) is 16.1. The van der Waals surface area contributed by atoms with E-state index in [4.69, 9.17) is 0 Å². The fourth-order valence-electron chi connectivity index (χ4n) is 9.98. The lowest BCUT2D eigenvalue weighted by molar-refractivity contribution is 0.591. The van der Waals surface area contributed by atoms with E-state index < -0.39 is 0 Å². The third-order valence-electron chi connectivity index (χ3n) is 12.2. The number of para-hydroxylation sites is 1. The second-order valence-corrected chi connectivity index (χ2v) is 16.1. The van der Waals surface area contributed by atoms with E-state index in [1.54, 1.807) is 0 Å². The van der Waals surface area contributed by atoms with Gasteiger partial charge in [-0.1, -0.05) is 160 Å². The van der Waals surface area contributed by atoms with E-state index in [1.807, 2.05) is 0 Å². The first-order valence-electron chi connectivity index (χ1n) is 18.8. The zero-order valence-corrected chi connectivity index (χ0v) is 30.0. The summed E-state index contributed by atoms with van der Waals surface area (Å²) in [6.45, 7) is 7.05. The Morgan fingerprint density at radius 2 is 1.15 bits per heavy atom. The van der Waals surface area contributed by atoms with E-state index >= 15 is 0 Å². The van der Waals surface area contributed by atoms with Gasteiger partial charge >= 0.3 is 0 Å². The molecule has 2 aromatic heterocycles. The van der Waals surface area contributed by atoms with Crippen molar-refractivity contribution >= 4 is 77.4 Å². The lowest BCUT2D eigenvalue weighted by Gasteiger charge is -2.34. The lowest BCUT2D eigenvalue weighted by atomic mass is 9.34. The van der Waals surface area contributed by atoms with Crippen LogP contribution in [0.1, 0.15) is 26.3 Å². The SMILES string of the molecule is CC(C)(C)c1ccc2c3c4c(ccc5ccccc54)cc4c3n(c2c1)-c1cccc2c1B4c1cccc3c(-c4ccccc4)c(-c4ccccc4)n-2c13. The molecule has 0 atom stereocenters. The van der Waals surface area contributed by atoms with Crippen molar-refractivity contribution in [3.05, 3.63) is 163 Å². The topological polar surface area (TPSA) is 9.86 Å². The maximum absolute atomic E-state index is 2.63. The Morgan fingerprint density at radius 1 is 0.472 bits per heavy atom. The highest BCUT2D eigenvalue weighted by Crippen LogP contribution is 2.46. The zero-order valence-electron chi connectivity index (χ0n) is 30.0. The van der Waals surface area contributed by atoms with E-state index in [2.05, 4.69) is 188 Å². The summed E-state index contributed by atoms with van der Waals surface area (Å²) in [6, 6.07) is 59.4. The van der Waals surface area contributed by atoms with Crippen LogP contribution < -0.4 is 16.4 Å². The van der Waals surface area contributed by atoms with Gasteiger partial charge in [0.25, 0.3) is 6.71 Å². The molecule has 0 saturated carbocycles. The Bertz CT molecular complexity index is 3190. The standard InChI is InChI=1S/C50H35BN2/c1-50(2,3)34-26-27-36-42(29-34)52-40-22-13-23-41-46(40)51(39-28-33-25-24-30-14-10-11-19-35(30)43(33)45(36)49(39)52)38-21-12-20-37-44(31-15-6-4-7-16-31)47(53(41)48(37)38)32-17-8-5-9-18-32/h4-29H,1-3H3. The number of nitrogens with zero attached hydrogens (tertiary/aromatic N) is 2. The van der Waals surface area contributed by atoms with E-state index in [0.29, 0.717) is 0 Å². The molecule has 0 N–H and O–H groups in total. The highest BCUT2D eigenvalue weighted by Gasteiger charge is 2.42. The van der Waals surface area contributed by atoms with Gasteiger partial charge in [-0.2, -0.15) is 0 Å². The highest BCUT2D eigenvalue weighted by atomic mass is 15.0. The molecule has 0 bridgehead atoms. The van der Waals surface area contributed by atoms with Gasteiger partial charge in [0.2, 0.25) is 0 Å². The van der Waals surface area contributed by atoms with Crippen molar-refractivity contribution in [2.24, 2.45) is 0 Å². The molecular formula is C50H35BN2. The number of hydrogen-bond acceptors (Lipinski definition) is 0. The zero-order chi connectivity index (χ0) is 35.2. The first kappa shape index (κ1) is 29.3. The lowest BCUT2D eigenvalue weighted by Crippen LogP contribution is -2.59. The molecule has 53 heavy (non-hydrogen) atoms. The van der Waals surface area contributed by atoms with E-state index in [1.165, 1.54) is 110 Å². The van der Waals surface area contributed by atoms with Crippen molar-refractivity contribution in [1.29, 1.82) is 0 Å². The van der Waals surface area contributed by atoms with Gasteiger partial charge in [0, 0.05) is 38.6 Å². The third kappa shape index (κ3) is 3.74. The summed E-state index contributed by atoms with van der Waals surface area (Å²) in [4.78, 5) is 0. The van der Waals surface area contributed by atoms with Gasteiger partial charge in [0.1, 0.15) is 0 Å². The average Bonchev–Trinajstić information content (AvgIpc) is 3.73. The Balaban J connectivity index is 1.31. The predicted molar refractivity (Wildman–Crippen MR) is 227 cm³/mol. The molecule has 3 heteroatoms.